The predicted molar refractivity (Wildman–Crippen MR) is 91.3 cm³/mol. The third kappa shape index (κ3) is 3.43. The lowest BCUT2D eigenvalue weighted by Gasteiger charge is -2.31. The molecule has 0 bridgehead atoms. The van der Waals surface area contributed by atoms with Crippen molar-refractivity contribution >= 4 is 23.2 Å². The van der Waals surface area contributed by atoms with E-state index >= 15 is 0 Å². The topological polar surface area (TPSA) is 97.8 Å². The Morgan fingerprint density at radius 2 is 1.92 bits per heavy atom. The van der Waals surface area contributed by atoms with E-state index in [1.165, 1.54) is 0 Å². The Morgan fingerprint density at radius 1 is 1.28 bits per heavy atom. The zero-order chi connectivity index (χ0) is 18.1. The first kappa shape index (κ1) is 17.2. The van der Waals surface area contributed by atoms with Crippen molar-refractivity contribution in [3.63, 3.8) is 0 Å². The van der Waals surface area contributed by atoms with E-state index in [9.17, 15) is 9.59 Å². The van der Waals surface area contributed by atoms with E-state index in [1.54, 1.807) is 32.9 Å². The maximum Gasteiger partial charge on any atom is 0.347 e. The molecule has 1 aliphatic rings. The third-order valence-corrected chi connectivity index (χ3v) is 5.17. The fourth-order valence-corrected chi connectivity index (χ4v) is 3.47. The van der Waals surface area contributed by atoms with Crippen LogP contribution >= 0.6 is 11.3 Å². The fraction of sp³-hybridized carbons (Fsp3) is 0.353. The number of hydrogen-bond donors (Lipinski definition) is 2. The van der Waals surface area contributed by atoms with Gasteiger partial charge in [0.15, 0.2) is 11.5 Å². The van der Waals surface area contributed by atoms with Gasteiger partial charge in [-0.15, -0.1) is 11.3 Å². The first-order chi connectivity index (χ1) is 11.9. The summed E-state index contributed by atoms with van der Waals surface area (Å²) in [6.45, 7) is 5.15. The summed E-state index contributed by atoms with van der Waals surface area (Å²) >= 11 is 1.06. The molecule has 0 spiro atoms. The number of rotatable bonds is 4. The maximum atomic E-state index is 12.6. The highest BCUT2D eigenvalue weighted by Crippen LogP contribution is 2.33. The van der Waals surface area contributed by atoms with Crippen LogP contribution in [0, 0.1) is 6.92 Å². The van der Waals surface area contributed by atoms with Crippen LogP contribution in [0.15, 0.2) is 24.3 Å². The van der Waals surface area contributed by atoms with Crippen LogP contribution in [0.25, 0.3) is 0 Å². The van der Waals surface area contributed by atoms with Crippen molar-refractivity contribution in [3.8, 4) is 11.5 Å². The van der Waals surface area contributed by atoms with Gasteiger partial charge >= 0.3 is 5.97 Å². The van der Waals surface area contributed by atoms with Crippen LogP contribution in [0.5, 0.6) is 11.5 Å². The summed E-state index contributed by atoms with van der Waals surface area (Å²) in [5, 5.41) is 12.5. The van der Waals surface area contributed by atoms with E-state index in [-0.39, 0.29) is 10.8 Å². The summed E-state index contributed by atoms with van der Waals surface area (Å²) < 4.78 is 11.5. The second-order valence-electron chi connectivity index (χ2n) is 5.81. The molecule has 2 N–H and O–H groups in total. The molecule has 3 rings (SSSR count). The Morgan fingerprint density at radius 3 is 2.52 bits per heavy atom. The van der Waals surface area contributed by atoms with E-state index in [2.05, 4.69) is 10.3 Å². The van der Waals surface area contributed by atoms with Crippen LogP contribution in [0.1, 0.15) is 40.3 Å². The van der Waals surface area contributed by atoms with Crippen molar-refractivity contribution in [1.82, 2.24) is 10.3 Å². The summed E-state index contributed by atoms with van der Waals surface area (Å²) in [6.07, 6.45) is -1.24. The lowest BCUT2D eigenvalue weighted by molar-refractivity contribution is -0.134. The van der Waals surface area contributed by atoms with Gasteiger partial charge in [0, 0.05) is 0 Å². The number of carboxylic acids is 1. The predicted octanol–water partition coefficient (Wildman–Crippen LogP) is 2.56. The number of aromatic carboxylic acids is 1. The first-order valence-electron chi connectivity index (χ1n) is 7.80. The number of aromatic nitrogens is 1. The van der Waals surface area contributed by atoms with E-state index in [0.717, 1.165) is 11.3 Å². The van der Waals surface area contributed by atoms with E-state index in [1.807, 2.05) is 12.1 Å². The van der Waals surface area contributed by atoms with Crippen molar-refractivity contribution in [1.29, 1.82) is 0 Å². The van der Waals surface area contributed by atoms with Crippen LogP contribution in [0.4, 0.5) is 0 Å². The van der Waals surface area contributed by atoms with Gasteiger partial charge in [-0.3, -0.25) is 4.79 Å². The van der Waals surface area contributed by atoms with Crippen LogP contribution in [0.3, 0.4) is 0 Å². The summed E-state index contributed by atoms with van der Waals surface area (Å²) in [4.78, 5) is 28.1. The second-order valence-corrected chi connectivity index (χ2v) is 6.84. The highest BCUT2D eigenvalue weighted by atomic mass is 32.1. The molecule has 0 radical (unpaired) electrons. The minimum absolute atomic E-state index is 0.177. The SMILES string of the molecule is Cc1nc(C(C)NC(=O)C2Oc3ccccc3OC2C)sc1C(=O)O. The number of nitrogens with zero attached hydrogens (tertiary/aromatic N) is 1. The molecule has 25 heavy (non-hydrogen) atoms. The number of thiazole rings is 1. The molecular formula is C17H18N2O5S. The van der Waals surface area contributed by atoms with Crippen molar-refractivity contribution in [3.05, 3.63) is 39.8 Å². The van der Waals surface area contributed by atoms with Gasteiger partial charge in [-0.1, -0.05) is 12.1 Å². The maximum absolute atomic E-state index is 12.6. The highest BCUT2D eigenvalue weighted by molar-refractivity contribution is 7.13. The van der Waals surface area contributed by atoms with E-state index in [4.69, 9.17) is 14.6 Å². The Labute approximate surface area is 148 Å². The summed E-state index contributed by atoms with van der Waals surface area (Å²) in [6, 6.07) is 6.74. The minimum atomic E-state index is -1.02. The lowest BCUT2D eigenvalue weighted by Crippen LogP contribution is -2.49. The van der Waals surface area contributed by atoms with Gasteiger partial charge in [0.1, 0.15) is 16.0 Å². The lowest BCUT2D eigenvalue weighted by atomic mass is 10.1. The summed E-state index contributed by atoms with van der Waals surface area (Å²) in [5.41, 5.74) is 0.438. The van der Waals surface area contributed by atoms with Crippen LogP contribution in [-0.4, -0.2) is 34.2 Å². The van der Waals surface area contributed by atoms with Gasteiger partial charge in [0.25, 0.3) is 5.91 Å². The Hall–Kier alpha value is -2.61. The average molecular weight is 362 g/mol. The molecule has 7 nitrogen and oxygen atoms in total. The molecule has 0 saturated carbocycles. The molecule has 0 fully saturated rings. The number of amides is 1. The molecule has 1 aromatic carbocycles. The molecule has 2 heterocycles. The van der Waals surface area contributed by atoms with E-state index < -0.39 is 24.2 Å². The monoisotopic (exact) mass is 362 g/mol. The smallest absolute Gasteiger partial charge is 0.347 e. The van der Waals surface area contributed by atoms with Crippen LogP contribution in [0.2, 0.25) is 0 Å². The molecule has 0 saturated heterocycles. The minimum Gasteiger partial charge on any atom is -0.482 e. The van der Waals surface area contributed by atoms with Crippen molar-refractivity contribution in [2.45, 2.75) is 39.0 Å². The summed E-state index contributed by atoms with van der Waals surface area (Å²) in [5.74, 6) is -0.228. The molecule has 1 aromatic heterocycles. The van der Waals surface area contributed by atoms with Gasteiger partial charge < -0.3 is 19.9 Å². The average Bonchev–Trinajstić information content (AvgIpc) is 2.96. The molecule has 132 valence electrons. The molecule has 0 aliphatic carbocycles. The molecule has 1 aliphatic heterocycles. The Balaban J connectivity index is 1.72. The quantitative estimate of drug-likeness (QED) is 0.867. The first-order valence-corrected chi connectivity index (χ1v) is 8.61. The number of aryl methyl sites for hydroxylation is 1. The molecule has 1 amide bonds. The number of ether oxygens (including phenoxy) is 2. The van der Waals surface area contributed by atoms with Crippen LogP contribution < -0.4 is 14.8 Å². The Kier molecular flexibility index (Phi) is 4.63. The number of carboxylic acid groups (broad SMARTS) is 1. The molecule has 3 unspecified atom stereocenters. The summed E-state index contributed by atoms with van der Waals surface area (Å²) in [7, 11) is 0. The number of para-hydroxylation sites is 2. The number of benzene rings is 1. The molecular weight excluding hydrogens is 344 g/mol. The number of hydrogen-bond acceptors (Lipinski definition) is 6. The third-order valence-electron chi connectivity index (χ3n) is 3.84. The Bertz CT molecular complexity index is 819. The highest BCUT2D eigenvalue weighted by Gasteiger charge is 2.35. The fourth-order valence-electron chi connectivity index (χ4n) is 2.56. The number of carbonyl (C=O) groups excluding carboxylic acids is 1. The van der Waals surface area contributed by atoms with Gasteiger partial charge in [0.2, 0.25) is 6.10 Å². The normalized spacial score (nSPS) is 20.0. The standard InChI is InChI=1S/C17H18N2O5S/c1-8-14(17(21)22)25-16(19-8)9(2)18-15(20)13-10(3)23-11-6-4-5-7-12(11)24-13/h4-7,9-10,13H,1-3H3,(H,18,20)(H,21,22). The van der Waals surface area contributed by atoms with Gasteiger partial charge in [-0.05, 0) is 32.9 Å². The van der Waals surface area contributed by atoms with Crippen molar-refractivity contribution < 1.29 is 24.2 Å². The molecule has 3 atom stereocenters. The number of carbonyl (C=O) groups is 2. The van der Waals surface area contributed by atoms with Gasteiger partial charge in [-0.2, -0.15) is 0 Å². The zero-order valence-electron chi connectivity index (χ0n) is 14.0. The molecule has 2 aromatic rings. The zero-order valence-corrected chi connectivity index (χ0v) is 14.8. The van der Waals surface area contributed by atoms with Gasteiger partial charge in [-0.25, -0.2) is 9.78 Å². The number of nitrogens with one attached hydrogen (secondary N) is 1. The van der Waals surface area contributed by atoms with Gasteiger partial charge in [0.05, 0.1) is 11.7 Å². The van der Waals surface area contributed by atoms with Crippen molar-refractivity contribution in [2.75, 3.05) is 0 Å². The second kappa shape index (κ2) is 6.72. The largest absolute Gasteiger partial charge is 0.482 e. The van der Waals surface area contributed by atoms with Crippen LogP contribution in [-0.2, 0) is 4.79 Å². The number of fused-ring (bicyclic) bond motifs is 1. The molecule has 8 heteroatoms. The van der Waals surface area contributed by atoms with Crippen molar-refractivity contribution in [2.24, 2.45) is 0 Å². The van der Waals surface area contributed by atoms with E-state index in [0.29, 0.717) is 22.2 Å².